The maximum absolute atomic E-state index is 13.6. The molecule has 3 aromatic rings. The lowest BCUT2D eigenvalue weighted by atomic mass is 10.1. The van der Waals surface area contributed by atoms with Crippen molar-refractivity contribution in [3.63, 3.8) is 0 Å². The standard InChI is InChI=1S/C17H14FN3O2/c1-10-7-8-11(2)13(9-10)16-20-21-17(23-16)19-15(22)12-5-3-4-6-14(12)18/h3-9H,1-2H3,(H,19,21,22). The monoisotopic (exact) mass is 311 g/mol. The molecule has 0 bridgehead atoms. The number of hydrogen-bond donors (Lipinski definition) is 1. The van der Waals surface area contributed by atoms with E-state index in [1.165, 1.54) is 18.2 Å². The number of hydrogen-bond acceptors (Lipinski definition) is 4. The largest absolute Gasteiger partial charge is 0.403 e. The van der Waals surface area contributed by atoms with E-state index >= 15 is 0 Å². The Balaban J connectivity index is 1.84. The van der Waals surface area contributed by atoms with Crippen LogP contribution < -0.4 is 5.32 Å². The van der Waals surface area contributed by atoms with Gasteiger partial charge in [0.1, 0.15) is 5.82 Å². The molecule has 2 aromatic carbocycles. The van der Waals surface area contributed by atoms with Gasteiger partial charge in [-0.2, -0.15) is 0 Å². The van der Waals surface area contributed by atoms with Crippen LogP contribution in [0.5, 0.6) is 0 Å². The van der Waals surface area contributed by atoms with Gasteiger partial charge in [0.15, 0.2) is 0 Å². The zero-order valence-electron chi connectivity index (χ0n) is 12.6. The van der Waals surface area contributed by atoms with Crippen molar-refractivity contribution >= 4 is 11.9 Å². The SMILES string of the molecule is Cc1ccc(C)c(-c2nnc(NC(=O)c3ccccc3F)o2)c1. The van der Waals surface area contributed by atoms with Crippen molar-refractivity contribution in [1.82, 2.24) is 10.2 Å². The van der Waals surface area contributed by atoms with Crippen molar-refractivity contribution in [2.24, 2.45) is 0 Å². The quantitative estimate of drug-likeness (QED) is 0.800. The highest BCUT2D eigenvalue weighted by molar-refractivity contribution is 6.03. The molecule has 0 radical (unpaired) electrons. The van der Waals surface area contributed by atoms with E-state index in [9.17, 15) is 9.18 Å². The summed E-state index contributed by atoms with van der Waals surface area (Å²) >= 11 is 0. The van der Waals surface area contributed by atoms with Crippen LogP contribution >= 0.6 is 0 Å². The zero-order valence-corrected chi connectivity index (χ0v) is 12.6. The first-order valence-electron chi connectivity index (χ1n) is 7.01. The van der Waals surface area contributed by atoms with Gasteiger partial charge in [-0.15, -0.1) is 5.10 Å². The van der Waals surface area contributed by atoms with Crippen LogP contribution in [0.15, 0.2) is 46.9 Å². The Morgan fingerprint density at radius 3 is 2.70 bits per heavy atom. The van der Waals surface area contributed by atoms with Crippen LogP contribution in [0.2, 0.25) is 0 Å². The van der Waals surface area contributed by atoms with Crippen LogP contribution in [0.1, 0.15) is 21.5 Å². The van der Waals surface area contributed by atoms with E-state index in [-0.39, 0.29) is 11.6 Å². The molecule has 23 heavy (non-hydrogen) atoms. The average molecular weight is 311 g/mol. The average Bonchev–Trinajstić information content (AvgIpc) is 2.98. The summed E-state index contributed by atoms with van der Waals surface area (Å²) in [5.74, 6) is -0.950. The van der Waals surface area contributed by atoms with Gasteiger partial charge in [0.2, 0.25) is 5.89 Å². The van der Waals surface area contributed by atoms with Gasteiger partial charge in [-0.05, 0) is 37.6 Å². The lowest BCUT2D eigenvalue weighted by Crippen LogP contribution is -2.13. The molecule has 1 amide bonds. The Kier molecular flexibility index (Phi) is 3.89. The third-order valence-corrected chi connectivity index (χ3v) is 3.39. The lowest BCUT2D eigenvalue weighted by molar-refractivity contribution is 0.102. The second-order valence-corrected chi connectivity index (χ2v) is 5.16. The first-order valence-corrected chi connectivity index (χ1v) is 7.01. The van der Waals surface area contributed by atoms with Crippen LogP contribution in [-0.2, 0) is 0 Å². The van der Waals surface area contributed by atoms with E-state index in [2.05, 4.69) is 15.5 Å². The number of amides is 1. The normalized spacial score (nSPS) is 10.6. The van der Waals surface area contributed by atoms with Gasteiger partial charge >= 0.3 is 6.01 Å². The van der Waals surface area contributed by atoms with Gasteiger partial charge in [-0.3, -0.25) is 10.1 Å². The number of aromatic nitrogens is 2. The molecule has 0 unspecified atom stereocenters. The number of nitrogens with one attached hydrogen (secondary N) is 1. The van der Waals surface area contributed by atoms with E-state index in [0.29, 0.717) is 5.89 Å². The minimum atomic E-state index is -0.640. The highest BCUT2D eigenvalue weighted by atomic mass is 19.1. The minimum absolute atomic E-state index is 0.0749. The molecular formula is C17H14FN3O2. The number of carbonyl (C=O) groups excluding carboxylic acids is 1. The fraction of sp³-hybridized carbons (Fsp3) is 0.118. The second-order valence-electron chi connectivity index (χ2n) is 5.16. The molecule has 0 aliphatic heterocycles. The predicted octanol–water partition coefficient (Wildman–Crippen LogP) is 3.74. The van der Waals surface area contributed by atoms with Crippen molar-refractivity contribution in [3.8, 4) is 11.5 Å². The molecule has 1 N–H and O–H groups in total. The molecule has 0 atom stereocenters. The second kappa shape index (κ2) is 6.00. The molecule has 5 nitrogen and oxygen atoms in total. The Hall–Kier alpha value is -3.02. The van der Waals surface area contributed by atoms with Crippen molar-refractivity contribution in [2.75, 3.05) is 5.32 Å². The molecule has 0 aliphatic rings. The molecule has 116 valence electrons. The Morgan fingerprint density at radius 1 is 1.13 bits per heavy atom. The van der Waals surface area contributed by atoms with E-state index in [4.69, 9.17) is 4.42 Å². The Bertz CT molecular complexity index is 874. The highest BCUT2D eigenvalue weighted by Crippen LogP contribution is 2.24. The summed E-state index contributed by atoms with van der Waals surface area (Å²) in [4.78, 5) is 12.0. The predicted molar refractivity (Wildman–Crippen MR) is 83.6 cm³/mol. The number of benzene rings is 2. The fourth-order valence-corrected chi connectivity index (χ4v) is 2.16. The number of nitrogens with zero attached hydrogens (tertiary/aromatic N) is 2. The molecule has 0 saturated carbocycles. The van der Waals surface area contributed by atoms with Crippen LogP contribution in [0.25, 0.3) is 11.5 Å². The molecule has 6 heteroatoms. The summed E-state index contributed by atoms with van der Waals surface area (Å²) in [5, 5.41) is 10.1. The summed E-state index contributed by atoms with van der Waals surface area (Å²) < 4.78 is 19.0. The van der Waals surface area contributed by atoms with Gasteiger partial charge in [-0.25, -0.2) is 4.39 Å². The molecule has 1 aromatic heterocycles. The number of anilines is 1. The maximum atomic E-state index is 13.6. The molecule has 3 rings (SSSR count). The van der Waals surface area contributed by atoms with Gasteiger partial charge in [0.25, 0.3) is 5.91 Å². The van der Waals surface area contributed by atoms with E-state index in [0.717, 1.165) is 16.7 Å². The van der Waals surface area contributed by atoms with Gasteiger partial charge in [0, 0.05) is 5.56 Å². The number of rotatable bonds is 3. The van der Waals surface area contributed by atoms with Gasteiger partial charge in [-0.1, -0.05) is 34.9 Å². The molecule has 1 heterocycles. The molecule has 0 aliphatic carbocycles. The van der Waals surface area contributed by atoms with Gasteiger partial charge in [0.05, 0.1) is 5.56 Å². The molecule has 0 saturated heterocycles. The van der Waals surface area contributed by atoms with Crippen LogP contribution in [0.3, 0.4) is 0 Å². The van der Waals surface area contributed by atoms with Crippen LogP contribution in [0, 0.1) is 19.7 Å². The molecule has 0 fully saturated rings. The van der Waals surface area contributed by atoms with E-state index in [1.807, 2.05) is 32.0 Å². The highest BCUT2D eigenvalue weighted by Gasteiger charge is 2.16. The topological polar surface area (TPSA) is 68.0 Å². The fourth-order valence-electron chi connectivity index (χ4n) is 2.16. The van der Waals surface area contributed by atoms with Crippen LogP contribution in [-0.4, -0.2) is 16.1 Å². The van der Waals surface area contributed by atoms with Crippen molar-refractivity contribution in [3.05, 3.63) is 65.0 Å². The Morgan fingerprint density at radius 2 is 1.91 bits per heavy atom. The van der Waals surface area contributed by atoms with Crippen molar-refractivity contribution in [1.29, 1.82) is 0 Å². The maximum Gasteiger partial charge on any atom is 0.322 e. The Labute approximate surface area is 132 Å². The third kappa shape index (κ3) is 3.11. The van der Waals surface area contributed by atoms with Crippen molar-refractivity contribution in [2.45, 2.75) is 13.8 Å². The summed E-state index contributed by atoms with van der Waals surface area (Å²) in [7, 11) is 0. The summed E-state index contributed by atoms with van der Waals surface area (Å²) in [6, 6.07) is 11.5. The molecular weight excluding hydrogens is 297 g/mol. The number of carbonyl (C=O) groups is 1. The minimum Gasteiger partial charge on any atom is -0.403 e. The smallest absolute Gasteiger partial charge is 0.322 e. The zero-order chi connectivity index (χ0) is 16.4. The lowest BCUT2D eigenvalue weighted by Gasteiger charge is -2.03. The van der Waals surface area contributed by atoms with Gasteiger partial charge < -0.3 is 4.42 Å². The van der Waals surface area contributed by atoms with E-state index in [1.54, 1.807) is 6.07 Å². The van der Waals surface area contributed by atoms with Crippen molar-refractivity contribution < 1.29 is 13.6 Å². The summed E-state index contributed by atoms with van der Waals surface area (Å²) in [6.45, 7) is 3.89. The van der Waals surface area contributed by atoms with E-state index < -0.39 is 11.7 Å². The summed E-state index contributed by atoms with van der Waals surface area (Å²) in [6.07, 6.45) is 0. The first kappa shape index (κ1) is 14.9. The molecule has 0 spiro atoms. The number of halogens is 1. The first-order chi connectivity index (χ1) is 11.0. The van der Waals surface area contributed by atoms with Crippen LogP contribution in [0.4, 0.5) is 10.4 Å². The summed E-state index contributed by atoms with van der Waals surface area (Å²) in [5.41, 5.74) is 2.75. The third-order valence-electron chi connectivity index (χ3n) is 3.39. The number of aryl methyl sites for hydroxylation is 2.